The van der Waals surface area contributed by atoms with E-state index >= 15 is 0 Å². The fourth-order valence-corrected chi connectivity index (χ4v) is 2.29. The van der Waals surface area contributed by atoms with Crippen LogP contribution < -0.4 is 5.32 Å². The number of aryl methyl sites for hydroxylation is 1. The van der Waals surface area contributed by atoms with E-state index in [9.17, 15) is 4.79 Å². The molecule has 1 amide bonds. The first-order chi connectivity index (χ1) is 10.2. The van der Waals surface area contributed by atoms with Crippen LogP contribution in [0.4, 0.5) is 0 Å². The molecule has 0 radical (unpaired) electrons. The molecule has 106 valence electrons. The Bertz CT molecular complexity index is 762. The molecule has 3 aromatic rings. The molecule has 0 saturated heterocycles. The highest BCUT2D eigenvalue weighted by atomic mass is 16.2. The van der Waals surface area contributed by atoms with Crippen molar-refractivity contribution in [3.63, 3.8) is 0 Å². The van der Waals surface area contributed by atoms with E-state index in [0.29, 0.717) is 6.54 Å². The fourth-order valence-electron chi connectivity index (χ4n) is 2.29. The van der Waals surface area contributed by atoms with Gasteiger partial charge in [-0.2, -0.15) is 5.10 Å². The van der Waals surface area contributed by atoms with Crippen molar-refractivity contribution >= 4 is 16.8 Å². The minimum absolute atomic E-state index is 0.0367. The number of hydrogen-bond donors (Lipinski definition) is 1. The Morgan fingerprint density at radius 2 is 2.00 bits per heavy atom. The Morgan fingerprint density at radius 1 is 1.19 bits per heavy atom. The number of carbonyl (C=O) groups excluding carboxylic acids is 1. The minimum Gasteiger partial charge on any atom is -0.350 e. The molecule has 0 atom stereocenters. The Hall–Kier alpha value is -2.62. The Morgan fingerprint density at radius 3 is 2.81 bits per heavy atom. The molecule has 21 heavy (non-hydrogen) atoms. The third-order valence-corrected chi connectivity index (χ3v) is 3.43. The summed E-state index contributed by atoms with van der Waals surface area (Å²) in [6.45, 7) is 2.81. The van der Waals surface area contributed by atoms with Crippen LogP contribution in [0.1, 0.15) is 11.1 Å². The molecule has 0 bridgehead atoms. The topological polar surface area (TPSA) is 46.9 Å². The van der Waals surface area contributed by atoms with E-state index in [-0.39, 0.29) is 12.5 Å². The summed E-state index contributed by atoms with van der Waals surface area (Å²) in [5.41, 5.74) is 3.24. The molecule has 0 aliphatic rings. The van der Waals surface area contributed by atoms with E-state index in [2.05, 4.69) is 10.4 Å². The average Bonchev–Trinajstić information content (AvgIpc) is 2.88. The van der Waals surface area contributed by atoms with Crippen molar-refractivity contribution < 1.29 is 4.79 Å². The molecule has 4 heteroatoms. The number of nitrogens with zero attached hydrogens (tertiary/aromatic N) is 2. The number of nitrogens with one attached hydrogen (secondary N) is 1. The van der Waals surface area contributed by atoms with E-state index in [0.717, 1.165) is 22.0 Å². The lowest BCUT2D eigenvalue weighted by atomic mass is 10.2. The maximum Gasteiger partial charge on any atom is 0.242 e. The summed E-state index contributed by atoms with van der Waals surface area (Å²) in [5, 5.41) is 8.26. The lowest BCUT2D eigenvalue weighted by Crippen LogP contribution is -2.27. The van der Waals surface area contributed by atoms with Gasteiger partial charge in [0.25, 0.3) is 0 Å². The van der Waals surface area contributed by atoms with E-state index in [1.165, 1.54) is 0 Å². The normalized spacial score (nSPS) is 10.7. The maximum absolute atomic E-state index is 12.0. The van der Waals surface area contributed by atoms with E-state index in [4.69, 9.17) is 0 Å². The highest BCUT2D eigenvalue weighted by Gasteiger charge is 2.07. The van der Waals surface area contributed by atoms with Gasteiger partial charge in [-0.25, -0.2) is 0 Å². The van der Waals surface area contributed by atoms with Crippen molar-refractivity contribution in [1.82, 2.24) is 15.1 Å². The second-order valence-corrected chi connectivity index (χ2v) is 5.13. The molecule has 0 fully saturated rings. The molecule has 0 spiro atoms. The first kappa shape index (κ1) is 13.4. The van der Waals surface area contributed by atoms with Crippen LogP contribution in [-0.4, -0.2) is 15.7 Å². The van der Waals surface area contributed by atoms with Gasteiger partial charge < -0.3 is 5.32 Å². The molecular formula is C17H17N3O. The number of amides is 1. The predicted molar refractivity (Wildman–Crippen MR) is 82.8 cm³/mol. The van der Waals surface area contributed by atoms with Gasteiger partial charge in [-0.05, 0) is 24.1 Å². The van der Waals surface area contributed by atoms with Gasteiger partial charge in [-0.3, -0.25) is 9.48 Å². The van der Waals surface area contributed by atoms with E-state index in [1.54, 1.807) is 10.9 Å². The van der Waals surface area contributed by atoms with Crippen molar-refractivity contribution in [3.8, 4) is 0 Å². The van der Waals surface area contributed by atoms with Crippen LogP contribution in [0.3, 0.4) is 0 Å². The minimum atomic E-state index is -0.0367. The summed E-state index contributed by atoms with van der Waals surface area (Å²) >= 11 is 0. The number of benzene rings is 2. The summed E-state index contributed by atoms with van der Waals surface area (Å²) in [6.07, 6.45) is 1.79. The first-order valence-electron chi connectivity index (χ1n) is 6.95. The van der Waals surface area contributed by atoms with Crippen LogP contribution in [0, 0.1) is 6.92 Å². The van der Waals surface area contributed by atoms with E-state index in [1.807, 2.05) is 55.5 Å². The molecule has 1 N–H and O–H groups in total. The molecule has 2 aromatic carbocycles. The van der Waals surface area contributed by atoms with E-state index < -0.39 is 0 Å². The van der Waals surface area contributed by atoms with Crippen LogP contribution in [0.15, 0.2) is 54.7 Å². The zero-order chi connectivity index (χ0) is 14.7. The molecule has 1 heterocycles. The predicted octanol–water partition coefficient (Wildman–Crippen LogP) is 2.66. The Kier molecular flexibility index (Phi) is 3.69. The number of fused-ring (bicyclic) bond motifs is 1. The van der Waals surface area contributed by atoms with Crippen LogP contribution in [0.25, 0.3) is 10.9 Å². The van der Waals surface area contributed by atoms with Gasteiger partial charge in [-0.1, -0.05) is 42.5 Å². The van der Waals surface area contributed by atoms with Crippen molar-refractivity contribution in [3.05, 3.63) is 65.9 Å². The molecule has 0 unspecified atom stereocenters. The maximum atomic E-state index is 12.0. The molecule has 0 saturated carbocycles. The largest absolute Gasteiger partial charge is 0.350 e. The third kappa shape index (κ3) is 3.11. The summed E-state index contributed by atoms with van der Waals surface area (Å²) < 4.78 is 1.74. The number of hydrogen-bond acceptors (Lipinski definition) is 2. The molecule has 0 aliphatic carbocycles. The molecule has 1 aromatic heterocycles. The number of aromatic nitrogens is 2. The van der Waals surface area contributed by atoms with Crippen molar-refractivity contribution in [2.24, 2.45) is 0 Å². The first-order valence-corrected chi connectivity index (χ1v) is 6.95. The van der Waals surface area contributed by atoms with Gasteiger partial charge >= 0.3 is 0 Å². The number of rotatable bonds is 4. The van der Waals surface area contributed by atoms with Gasteiger partial charge in [0.1, 0.15) is 6.54 Å². The van der Waals surface area contributed by atoms with Crippen LogP contribution in [0.2, 0.25) is 0 Å². The average molecular weight is 279 g/mol. The highest BCUT2D eigenvalue weighted by molar-refractivity contribution is 5.82. The molecular weight excluding hydrogens is 262 g/mol. The summed E-state index contributed by atoms with van der Waals surface area (Å²) in [5.74, 6) is -0.0367. The second kappa shape index (κ2) is 5.79. The van der Waals surface area contributed by atoms with Gasteiger partial charge in [0.05, 0.1) is 11.7 Å². The Balaban J connectivity index is 1.67. The van der Waals surface area contributed by atoms with Gasteiger partial charge in [0, 0.05) is 11.9 Å². The van der Waals surface area contributed by atoms with Crippen LogP contribution >= 0.6 is 0 Å². The quantitative estimate of drug-likeness (QED) is 0.798. The van der Waals surface area contributed by atoms with Gasteiger partial charge in [0.15, 0.2) is 0 Å². The van der Waals surface area contributed by atoms with Crippen molar-refractivity contribution in [2.75, 3.05) is 0 Å². The molecule has 4 nitrogen and oxygen atoms in total. The summed E-state index contributed by atoms with van der Waals surface area (Å²) in [6, 6.07) is 16.0. The zero-order valence-corrected chi connectivity index (χ0v) is 11.9. The highest BCUT2D eigenvalue weighted by Crippen LogP contribution is 2.15. The summed E-state index contributed by atoms with van der Waals surface area (Å²) in [4.78, 5) is 12.0. The monoisotopic (exact) mass is 279 g/mol. The van der Waals surface area contributed by atoms with Crippen molar-refractivity contribution in [2.45, 2.75) is 20.0 Å². The second-order valence-electron chi connectivity index (χ2n) is 5.13. The lowest BCUT2D eigenvalue weighted by molar-refractivity contribution is -0.121. The van der Waals surface area contributed by atoms with Crippen LogP contribution in [-0.2, 0) is 17.9 Å². The van der Waals surface area contributed by atoms with Crippen LogP contribution in [0.5, 0.6) is 0 Å². The fraction of sp³-hybridized carbons (Fsp3) is 0.176. The number of carbonyl (C=O) groups is 1. The Labute approximate surface area is 123 Å². The van der Waals surface area contributed by atoms with Gasteiger partial charge in [0.2, 0.25) is 5.91 Å². The third-order valence-electron chi connectivity index (χ3n) is 3.43. The zero-order valence-electron chi connectivity index (χ0n) is 11.9. The SMILES string of the molecule is Cc1ccc2cnn(CC(=O)NCc3ccccc3)c2c1. The smallest absolute Gasteiger partial charge is 0.242 e. The molecule has 3 rings (SSSR count). The lowest BCUT2D eigenvalue weighted by Gasteiger charge is -2.06. The molecule has 0 aliphatic heterocycles. The summed E-state index contributed by atoms with van der Waals surface area (Å²) in [7, 11) is 0. The van der Waals surface area contributed by atoms with Crippen molar-refractivity contribution in [1.29, 1.82) is 0 Å². The van der Waals surface area contributed by atoms with Gasteiger partial charge in [-0.15, -0.1) is 0 Å². The standard InChI is InChI=1S/C17H17N3O/c1-13-7-8-15-11-19-20(16(15)9-13)12-17(21)18-10-14-5-3-2-4-6-14/h2-9,11H,10,12H2,1H3,(H,18,21).